The summed E-state index contributed by atoms with van der Waals surface area (Å²) >= 11 is 0. The van der Waals surface area contributed by atoms with Crippen LogP contribution in [0.2, 0.25) is 0 Å². The standard InChI is InChI=1S/2C20H19NO4/c2*1-13(22)18-17(23)12-16(14-8-4-2-5-9-14)20(21(24)25)19(18)15-10-6-3-7-11-15/h2*2-11,16,19-20,23H,12H2,1H3/t2*16-,19+,20-/m00/s1. The maximum absolute atomic E-state index is 12.2. The molecule has 2 N–H and O–H groups in total. The van der Waals surface area contributed by atoms with E-state index < -0.39 is 35.8 Å². The van der Waals surface area contributed by atoms with E-state index in [1.165, 1.54) is 13.8 Å². The van der Waals surface area contributed by atoms with Gasteiger partial charge in [-0.05, 0) is 36.1 Å². The van der Waals surface area contributed by atoms with Crippen LogP contribution in [0.1, 0.15) is 72.6 Å². The van der Waals surface area contributed by atoms with Crippen LogP contribution in [-0.4, -0.2) is 43.7 Å². The van der Waals surface area contributed by atoms with Gasteiger partial charge < -0.3 is 10.2 Å². The molecule has 0 radical (unpaired) electrons. The molecule has 0 heterocycles. The number of nitrogens with zero attached hydrogens (tertiary/aromatic N) is 2. The third kappa shape index (κ3) is 7.39. The van der Waals surface area contributed by atoms with Crippen LogP contribution in [0.4, 0.5) is 0 Å². The van der Waals surface area contributed by atoms with E-state index in [1.54, 1.807) is 48.5 Å². The van der Waals surface area contributed by atoms with Gasteiger partial charge in [-0.1, -0.05) is 121 Å². The third-order valence-corrected chi connectivity index (χ3v) is 9.60. The van der Waals surface area contributed by atoms with Gasteiger partial charge in [0.15, 0.2) is 11.6 Å². The van der Waals surface area contributed by atoms with Crippen molar-refractivity contribution in [3.63, 3.8) is 0 Å². The highest BCUT2D eigenvalue weighted by Crippen LogP contribution is 2.47. The fourth-order valence-corrected chi connectivity index (χ4v) is 7.50. The molecule has 0 fully saturated rings. The fourth-order valence-electron chi connectivity index (χ4n) is 7.50. The minimum atomic E-state index is -1.01. The molecule has 0 aliphatic heterocycles. The van der Waals surface area contributed by atoms with E-state index in [2.05, 4.69) is 0 Å². The Hall–Kier alpha value is -5.90. The Morgan fingerprint density at radius 2 is 0.780 bits per heavy atom. The number of aliphatic hydroxyl groups excluding tert-OH is 2. The van der Waals surface area contributed by atoms with Crippen molar-refractivity contribution in [1.82, 2.24) is 0 Å². The molecular weight excluding hydrogens is 636 g/mol. The molecule has 4 aromatic carbocycles. The molecule has 2 aliphatic rings. The van der Waals surface area contributed by atoms with Crippen molar-refractivity contribution >= 4 is 11.6 Å². The Bertz CT molecular complexity index is 1770. The number of hydrogen-bond acceptors (Lipinski definition) is 8. The normalized spacial score (nSPS) is 23.3. The Morgan fingerprint density at radius 1 is 0.520 bits per heavy atom. The van der Waals surface area contributed by atoms with Crippen molar-refractivity contribution in [3.8, 4) is 0 Å². The maximum Gasteiger partial charge on any atom is 0.231 e. The van der Waals surface area contributed by atoms with Crippen LogP contribution in [0.3, 0.4) is 0 Å². The van der Waals surface area contributed by atoms with Crippen LogP contribution < -0.4 is 0 Å². The lowest BCUT2D eigenvalue weighted by atomic mass is 9.69. The predicted molar refractivity (Wildman–Crippen MR) is 188 cm³/mol. The number of ketones is 2. The number of nitro groups is 2. The number of rotatable bonds is 8. The Labute approximate surface area is 289 Å². The van der Waals surface area contributed by atoms with E-state index in [4.69, 9.17) is 0 Å². The molecule has 6 rings (SSSR count). The molecule has 0 unspecified atom stereocenters. The first-order valence-corrected chi connectivity index (χ1v) is 16.3. The SMILES string of the molecule is CC(=O)C1=C(O)C[C@@H](c2ccccc2)[C@H]([N+](=O)[O-])[C@@H]1c1ccccc1.CC(=O)C1=C(O)C[C@@H](c2ccccc2)[C@H]([N+](=O)[O-])[C@@H]1c1ccccc1. The van der Waals surface area contributed by atoms with Gasteiger partial charge in [-0.25, -0.2) is 0 Å². The van der Waals surface area contributed by atoms with Gasteiger partial charge in [0.1, 0.15) is 11.5 Å². The zero-order valence-electron chi connectivity index (χ0n) is 27.7. The number of carbonyl (C=O) groups excluding carboxylic acids is 2. The van der Waals surface area contributed by atoms with Gasteiger partial charge in [0.25, 0.3) is 0 Å². The van der Waals surface area contributed by atoms with E-state index in [-0.39, 0.29) is 56.9 Å². The van der Waals surface area contributed by atoms with E-state index >= 15 is 0 Å². The molecule has 0 saturated carbocycles. The summed E-state index contributed by atoms with van der Waals surface area (Å²) in [4.78, 5) is 47.7. The maximum atomic E-state index is 12.2. The summed E-state index contributed by atoms with van der Waals surface area (Å²) in [6.07, 6.45) is 0.182. The first kappa shape index (κ1) is 35.4. The second-order valence-corrected chi connectivity index (χ2v) is 12.6. The largest absolute Gasteiger partial charge is 0.512 e. The van der Waals surface area contributed by atoms with Crippen LogP contribution >= 0.6 is 0 Å². The second kappa shape index (κ2) is 15.5. The predicted octanol–water partition coefficient (Wildman–Crippen LogP) is 8.01. The number of allylic oxidation sites excluding steroid dienone is 2. The topological polar surface area (TPSA) is 161 Å². The summed E-state index contributed by atoms with van der Waals surface area (Å²) in [6, 6.07) is 34.1. The Balaban J connectivity index is 0.000000194. The van der Waals surface area contributed by atoms with Gasteiger partial charge in [0, 0.05) is 33.8 Å². The molecule has 0 aromatic heterocycles. The summed E-state index contributed by atoms with van der Waals surface area (Å²) < 4.78 is 0. The lowest BCUT2D eigenvalue weighted by Gasteiger charge is -2.34. The molecule has 0 spiro atoms. The van der Waals surface area contributed by atoms with Crippen LogP contribution in [0, 0.1) is 20.2 Å². The van der Waals surface area contributed by atoms with Crippen molar-refractivity contribution in [2.45, 2.75) is 62.4 Å². The molecule has 4 aromatic rings. The number of hydrogen-bond donors (Lipinski definition) is 2. The fraction of sp³-hybridized carbons (Fsp3) is 0.250. The average molecular weight is 675 g/mol. The zero-order valence-corrected chi connectivity index (χ0v) is 27.7. The summed E-state index contributed by atoms with van der Waals surface area (Å²) in [6.45, 7) is 2.70. The quantitative estimate of drug-likeness (QED) is 0.140. The van der Waals surface area contributed by atoms with Crippen LogP contribution in [0.25, 0.3) is 0 Å². The molecular formula is C40H38N2O8. The minimum Gasteiger partial charge on any atom is -0.512 e. The number of benzene rings is 4. The number of aliphatic hydroxyl groups is 2. The first-order valence-electron chi connectivity index (χ1n) is 16.3. The molecule has 0 amide bonds. The highest BCUT2D eigenvalue weighted by atomic mass is 16.6. The third-order valence-electron chi connectivity index (χ3n) is 9.60. The van der Waals surface area contributed by atoms with Crippen LogP contribution in [0.15, 0.2) is 144 Å². The summed E-state index contributed by atoms with van der Waals surface area (Å²) in [5.41, 5.74) is 3.22. The molecule has 256 valence electrons. The van der Waals surface area contributed by atoms with Crippen molar-refractivity contribution in [2.24, 2.45) is 0 Å². The summed E-state index contributed by atoms with van der Waals surface area (Å²) in [7, 11) is 0. The van der Waals surface area contributed by atoms with Crippen molar-refractivity contribution in [2.75, 3.05) is 0 Å². The van der Waals surface area contributed by atoms with Gasteiger partial charge in [0.05, 0.1) is 23.7 Å². The Kier molecular flexibility index (Phi) is 11.0. The molecule has 0 saturated heterocycles. The monoisotopic (exact) mass is 674 g/mol. The van der Waals surface area contributed by atoms with Crippen molar-refractivity contribution in [3.05, 3.63) is 186 Å². The molecule has 10 heteroatoms. The highest BCUT2D eigenvalue weighted by molar-refractivity contribution is 5.96. The van der Waals surface area contributed by atoms with Gasteiger partial charge >= 0.3 is 0 Å². The number of Topliss-reactive ketones (excluding diaryl/α,β-unsaturated/α-hetero) is 2. The summed E-state index contributed by atoms with van der Waals surface area (Å²) in [5.74, 6) is -3.29. The number of carbonyl (C=O) groups is 2. The molecule has 50 heavy (non-hydrogen) atoms. The average Bonchev–Trinajstić information content (AvgIpc) is 3.11. The lowest BCUT2D eigenvalue weighted by Crippen LogP contribution is -2.40. The van der Waals surface area contributed by atoms with Gasteiger partial charge in [-0.15, -0.1) is 0 Å². The van der Waals surface area contributed by atoms with Gasteiger partial charge in [0.2, 0.25) is 12.1 Å². The molecule has 6 atom stereocenters. The van der Waals surface area contributed by atoms with Gasteiger partial charge in [-0.2, -0.15) is 0 Å². The van der Waals surface area contributed by atoms with Crippen molar-refractivity contribution in [1.29, 1.82) is 0 Å². The molecule has 10 nitrogen and oxygen atoms in total. The van der Waals surface area contributed by atoms with E-state index in [9.17, 15) is 40.0 Å². The van der Waals surface area contributed by atoms with Crippen LogP contribution in [-0.2, 0) is 9.59 Å². The zero-order chi connectivity index (χ0) is 35.9. The first-order chi connectivity index (χ1) is 24.0. The van der Waals surface area contributed by atoms with Crippen LogP contribution in [0.5, 0.6) is 0 Å². The minimum absolute atomic E-state index is 0.0479. The highest BCUT2D eigenvalue weighted by Gasteiger charge is 2.50. The lowest BCUT2D eigenvalue weighted by molar-refractivity contribution is -0.530. The summed E-state index contributed by atoms with van der Waals surface area (Å²) in [5, 5.41) is 45.1. The van der Waals surface area contributed by atoms with E-state index in [0.29, 0.717) is 11.1 Å². The smallest absolute Gasteiger partial charge is 0.231 e. The van der Waals surface area contributed by atoms with Gasteiger partial charge in [-0.3, -0.25) is 29.8 Å². The second-order valence-electron chi connectivity index (χ2n) is 12.6. The van der Waals surface area contributed by atoms with Crippen molar-refractivity contribution < 1.29 is 29.6 Å². The van der Waals surface area contributed by atoms with E-state index in [0.717, 1.165) is 11.1 Å². The van der Waals surface area contributed by atoms with E-state index in [1.807, 2.05) is 72.8 Å². The Morgan fingerprint density at radius 3 is 1.02 bits per heavy atom. The molecule has 0 bridgehead atoms. The molecule has 2 aliphatic carbocycles.